The van der Waals surface area contributed by atoms with Gasteiger partial charge in [0.15, 0.2) is 0 Å². The fraction of sp³-hybridized carbons (Fsp3) is 0.571. The topological polar surface area (TPSA) is 55.9 Å². The monoisotopic (exact) mass is 262 g/mol. The number of rotatable bonds is 7. The van der Waals surface area contributed by atoms with Gasteiger partial charge in [-0.15, -0.1) is 0 Å². The zero-order valence-corrected chi connectivity index (χ0v) is 11.9. The van der Waals surface area contributed by atoms with Crippen molar-refractivity contribution in [3.63, 3.8) is 0 Å². The highest BCUT2D eigenvalue weighted by atomic mass is 16.3. The van der Waals surface area contributed by atoms with E-state index in [9.17, 15) is 0 Å². The maximum absolute atomic E-state index is 5.41. The smallest absolute Gasteiger partial charge is 0.138 e. The SMILES string of the molecule is CCCn1ncnc1CC(NCC)c1ccoc1C. The van der Waals surface area contributed by atoms with E-state index in [0.717, 1.165) is 37.5 Å². The third-order valence-electron chi connectivity index (χ3n) is 3.24. The summed E-state index contributed by atoms with van der Waals surface area (Å²) in [6.07, 6.45) is 5.27. The number of likely N-dealkylation sites (N-methyl/N-ethyl adjacent to an activating group) is 1. The molecule has 0 amide bonds. The Kier molecular flexibility index (Phi) is 4.74. The second kappa shape index (κ2) is 6.52. The normalized spacial score (nSPS) is 12.8. The van der Waals surface area contributed by atoms with Crippen LogP contribution in [0.4, 0.5) is 0 Å². The van der Waals surface area contributed by atoms with Crippen LogP contribution >= 0.6 is 0 Å². The number of aromatic nitrogens is 3. The average Bonchev–Trinajstić information content (AvgIpc) is 2.99. The van der Waals surface area contributed by atoms with Gasteiger partial charge in [0.05, 0.1) is 6.26 Å². The summed E-state index contributed by atoms with van der Waals surface area (Å²) < 4.78 is 7.39. The van der Waals surface area contributed by atoms with E-state index < -0.39 is 0 Å². The van der Waals surface area contributed by atoms with Gasteiger partial charge < -0.3 is 9.73 Å². The molecule has 2 rings (SSSR count). The summed E-state index contributed by atoms with van der Waals surface area (Å²) in [6, 6.07) is 2.26. The van der Waals surface area contributed by atoms with Gasteiger partial charge in [-0.1, -0.05) is 13.8 Å². The van der Waals surface area contributed by atoms with Gasteiger partial charge in [0.25, 0.3) is 0 Å². The van der Waals surface area contributed by atoms with Crippen LogP contribution < -0.4 is 5.32 Å². The van der Waals surface area contributed by atoms with E-state index in [1.807, 2.05) is 17.7 Å². The maximum atomic E-state index is 5.41. The summed E-state index contributed by atoms with van der Waals surface area (Å²) in [7, 11) is 0. The molecule has 2 aromatic heterocycles. The van der Waals surface area contributed by atoms with E-state index in [4.69, 9.17) is 4.42 Å². The van der Waals surface area contributed by atoms with Crippen LogP contribution in [0.5, 0.6) is 0 Å². The molecule has 0 bridgehead atoms. The summed E-state index contributed by atoms with van der Waals surface area (Å²) in [5.41, 5.74) is 1.20. The number of furan rings is 1. The van der Waals surface area contributed by atoms with Crippen molar-refractivity contribution in [1.29, 1.82) is 0 Å². The van der Waals surface area contributed by atoms with Crippen molar-refractivity contribution in [2.24, 2.45) is 0 Å². The van der Waals surface area contributed by atoms with Crippen LogP contribution in [-0.2, 0) is 13.0 Å². The summed E-state index contributed by atoms with van der Waals surface area (Å²) in [6.45, 7) is 8.08. The Morgan fingerprint density at radius 2 is 2.26 bits per heavy atom. The minimum absolute atomic E-state index is 0.226. The lowest BCUT2D eigenvalue weighted by molar-refractivity contribution is 0.480. The lowest BCUT2D eigenvalue weighted by Crippen LogP contribution is -2.24. The fourth-order valence-corrected chi connectivity index (χ4v) is 2.32. The molecular formula is C14H22N4O. The van der Waals surface area contributed by atoms with Gasteiger partial charge in [-0.25, -0.2) is 4.98 Å². The van der Waals surface area contributed by atoms with Gasteiger partial charge in [0.2, 0.25) is 0 Å². The number of hydrogen-bond acceptors (Lipinski definition) is 4. The van der Waals surface area contributed by atoms with Crippen molar-refractivity contribution in [3.05, 3.63) is 35.8 Å². The first-order chi connectivity index (χ1) is 9.26. The molecule has 0 aliphatic heterocycles. The minimum Gasteiger partial charge on any atom is -0.469 e. The molecule has 0 aliphatic carbocycles. The van der Waals surface area contributed by atoms with E-state index in [2.05, 4.69) is 29.2 Å². The molecule has 2 aromatic rings. The Morgan fingerprint density at radius 3 is 2.89 bits per heavy atom. The number of nitrogens with one attached hydrogen (secondary N) is 1. The van der Waals surface area contributed by atoms with Crippen molar-refractivity contribution in [3.8, 4) is 0 Å². The third-order valence-corrected chi connectivity index (χ3v) is 3.24. The summed E-state index contributed by atoms with van der Waals surface area (Å²) in [5, 5.41) is 7.77. The Hall–Kier alpha value is -1.62. The number of nitrogens with zero attached hydrogens (tertiary/aromatic N) is 3. The van der Waals surface area contributed by atoms with E-state index >= 15 is 0 Å². The number of aryl methyl sites for hydroxylation is 2. The molecule has 5 heteroatoms. The van der Waals surface area contributed by atoms with Crippen LogP contribution in [0.1, 0.15) is 43.5 Å². The fourth-order valence-electron chi connectivity index (χ4n) is 2.32. The van der Waals surface area contributed by atoms with Crippen molar-refractivity contribution < 1.29 is 4.42 Å². The second-order valence-corrected chi connectivity index (χ2v) is 4.65. The van der Waals surface area contributed by atoms with Crippen LogP contribution in [0.25, 0.3) is 0 Å². The molecule has 0 saturated heterocycles. The highest BCUT2D eigenvalue weighted by Crippen LogP contribution is 2.22. The molecule has 1 N–H and O–H groups in total. The quantitative estimate of drug-likeness (QED) is 0.833. The van der Waals surface area contributed by atoms with Crippen LogP contribution in [-0.4, -0.2) is 21.3 Å². The van der Waals surface area contributed by atoms with E-state index in [1.165, 1.54) is 5.56 Å². The molecule has 1 unspecified atom stereocenters. The molecular weight excluding hydrogens is 240 g/mol. The minimum atomic E-state index is 0.226. The van der Waals surface area contributed by atoms with E-state index in [0.29, 0.717) is 0 Å². The second-order valence-electron chi connectivity index (χ2n) is 4.65. The van der Waals surface area contributed by atoms with Crippen molar-refractivity contribution in [1.82, 2.24) is 20.1 Å². The Morgan fingerprint density at radius 1 is 1.42 bits per heavy atom. The standard InChI is InChI=1S/C14H22N4O/c1-4-7-18-14(16-10-17-18)9-13(15-5-2)12-6-8-19-11(12)3/h6,8,10,13,15H,4-5,7,9H2,1-3H3. The van der Waals surface area contributed by atoms with Crippen molar-refractivity contribution >= 4 is 0 Å². The molecule has 19 heavy (non-hydrogen) atoms. The highest BCUT2D eigenvalue weighted by Gasteiger charge is 2.18. The first-order valence-corrected chi connectivity index (χ1v) is 6.90. The van der Waals surface area contributed by atoms with Crippen LogP contribution in [0.15, 0.2) is 23.1 Å². The molecule has 1 atom stereocenters. The lowest BCUT2D eigenvalue weighted by Gasteiger charge is -2.17. The molecule has 0 spiro atoms. The molecule has 0 saturated carbocycles. The van der Waals surface area contributed by atoms with Gasteiger partial charge in [-0.2, -0.15) is 5.10 Å². The molecule has 0 fully saturated rings. The highest BCUT2D eigenvalue weighted by molar-refractivity contribution is 5.21. The van der Waals surface area contributed by atoms with Gasteiger partial charge in [0.1, 0.15) is 17.9 Å². The zero-order chi connectivity index (χ0) is 13.7. The molecule has 0 radical (unpaired) electrons. The van der Waals surface area contributed by atoms with Gasteiger partial charge in [-0.3, -0.25) is 4.68 Å². The van der Waals surface area contributed by atoms with Crippen molar-refractivity contribution in [2.45, 2.75) is 46.2 Å². The van der Waals surface area contributed by atoms with Gasteiger partial charge in [-0.05, 0) is 26.0 Å². The number of hydrogen-bond donors (Lipinski definition) is 1. The van der Waals surface area contributed by atoms with Crippen LogP contribution in [0.3, 0.4) is 0 Å². The molecule has 0 aromatic carbocycles. The predicted molar refractivity (Wildman–Crippen MR) is 73.9 cm³/mol. The maximum Gasteiger partial charge on any atom is 0.138 e. The molecule has 0 aliphatic rings. The van der Waals surface area contributed by atoms with E-state index in [-0.39, 0.29) is 6.04 Å². The van der Waals surface area contributed by atoms with Gasteiger partial charge >= 0.3 is 0 Å². The molecule has 5 nitrogen and oxygen atoms in total. The Labute approximate surface area is 114 Å². The summed E-state index contributed by atoms with van der Waals surface area (Å²) in [5.74, 6) is 1.99. The zero-order valence-electron chi connectivity index (χ0n) is 11.9. The average molecular weight is 262 g/mol. The molecule has 104 valence electrons. The Bertz CT molecular complexity index is 503. The first-order valence-electron chi connectivity index (χ1n) is 6.90. The van der Waals surface area contributed by atoms with Crippen LogP contribution in [0.2, 0.25) is 0 Å². The first kappa shape index (κ1) is 13.8. The summed E-state index contributed by atoms with van der Waals surface area (Å²) in [4.78, 5) is 4.38. The third kappa shape index (κ3) is 3.23. The Balaban J connectivity index is 2.17. The van der Waals surface area contributed by atoms with Gasteiger partial charge in [0, 0.05) is 24.6 Å². The van der Waals surface area contributed by atoms with Crippen LogP contribution in [0, 0.1) is 6.92 Å². The largest absolute Gasteiger partial charge is 0.469 e. The molecule has 2 heterocycles. The van der Waals surface area contributed by atoms with Crippen molar-refractivity contribution in [2.75, 3.05) is 6.54 Å². The predicted octanol–water partition coefficient (Wildman–Crippen LogP) is 2.48. The summed E-state index contributed by atoms with van der Waals surface area (Å²) >= 11 is 0. The lowest BCUT2D eigenvalue weighted by atomic mass is 10.0. The van der Waals surface area contributed by atoms with E-state index in [1.54, 1.807) is 12.6 Å².